The van der Waals surface area contributed by atoms with Crippen molar-refractivity contribution in [2.75, 3.05) is 13.2 Å². The van der Waals surface area contributed by atoms with Gasteiger partial charge in [0.25, 0.3) is 0 Å². The predicted octanol–water partition coefficient (Wildman–Crippen LogP) is 1.49. The smallest absolute Gasteiger partial charge is 0.150 e. The maximum Gasteiger partial charge on any atom is 0.150 e. The number of hydrogen-bond acceptors (Lipinski definition) is 5. The van der Waals surface area contributed by atoms with Crippen molar-refractivity contribution in [2.24, 2.45) is 7.05 Å². The average molecular weight is 311 g/mol. The predicted molar refractivity (Wildman–Crippen MR) is 85.0 cm³/mol. The Morgan fingerprint density at radius 2 is 2.14 bits per heavy atom. The highest BCUT2D eigenvalue weighted by Gasteiger charge is 2.22. The molecule has 0 bridgehead atoms. The third kappa shape index (κ3) is 4.71. The second kappa shape index (κ2) is 8.38. The summed E-state index contributed by atoms with van der Waals surface area (Å²) < 4.78 is 1.70. The zero-order chi connectivity index (χ0) is 15.1. The van der Waals surface area contributed by atoms with Crippen LogP contribution in [0.1, 0.15) is 50.8 Å². The van der Waals surface area contributed by atoms with Gasteiger partial charge in [-0.1, -0.05) is 31.5 Å². The van der Waals surface area contributed by atoms with E-state index in [4.69, 9.17) is 12.2 Å². The minimum absolute atomic E-state index is 0.170. The first-order chi connectivity index (χ1) is 10.2. The maximum absolute atomic E-state index is 9.30. The van der Waals surface area contributed by atoms with Gasteiger partial charge in [0.2, 0.25) is 0 Å². The highest BCUT2D eigenvalue weighted by molar-refractivity contribution is 7.80. The second-order valence-corrected chi connectivity index (χ2v) is 6.15. The van der Waals surface area contributed by atoms with Crippen molar-refractivity contribution in [1.29, 1.82) is 0 Å². The zero-order valence-corrected chi connectivity index (χ0v) is 13.6. The summed E-state index contributed by atoms with van der Waals surface area (Å²) in [5.74, 6) is 0.893. The van der Waals surface area contributed by atoms with Gasteiger partial charge in [-0.05, 0) is 36.1 Å². The van der Waals surface area contributed by atoms with E-state index in [1.807, 2.05) is 7.05 Å². The molecule has 0 aromatic carbocycles. The third-order valence-electron chi connectivity index (χ3n) is 4.18. The van der Waals surface area contributed by atoms with E-state index >= 15 is 0 Å². The molecule has 1 aliphatic rings. The fraction of sp³-hybridized carbons (Fsp3) is 0.857. The third-order valence-corrected chi connectivity index (χ3v) is 4.61. The van der Waals surface area contributed by atoms with Gasteiger partial charge in [0, 0.05) is 26.1 Å². The molecule has 7 heteroatoms. The number of aliphatic hydroxyl groups excluding tert-OH is 1. The fourth-order valence-corrected chi connectivity index (χ4v) is 3.40. The molecule has 1 N–H and O–H groups in total. The number of hydrogen-bond donors (Lipinski definition) is 1. The quantitative estimate of drug-likeness (QED) is 0.770. The van der Waals surface area contributed by atoms with Gasteiger partial charge in [-0.2, -0.15) is 0 Å². The van der Waals surface area contributed by atoms with Crippen molar-refractivity contribution in [2.45, 2.75) is 57.4 Å². The summed E-state index contributed by atoms with van der Waals surface area (Å²) >= 11 is 5.61. The van der Waals surface area contributed by atoms with E-state index in [0.29, 0.717) is 12.6 Å². The number of aryl methyl sites for hydroxylation is 2. The molecule has 6 nitrogen and oxygen atoms in total. The molecule has 0 radical (unpaired) electrons. The molecule has 1 aromatic heterocycles. The molecule has 0 unspecified atom stereocenters. The number of nitrogens with zero attached hydrogens (tertiary/aromatic N) is 5. The summed E-state index contributed by atoms with van der Waals surface area (Å²) in [7, 11) is 1.85. The topological polar surface area (TPSA) is 67.1 Å². The van der Waals surface area contributed by atoms with Gasteiger partial charge in [0.15, 0.2) is 5.82 Å². The molecule has 21 heavy (non-hydrogen) atoms. The van der Waals surface area contributed by atoms with Crippen LogP contribution in [0.4, 0.5) is 0 Å². The van der Waals surface area contributed by atoms with Crippen molar-refractivity contribution in [3.8, 4) is 0 Å². The lowest BCUT2D eigenvalue weighted by Gasteiger charge is -2.36. The van der Waals surface area contributed by atoms with Gasteiger partial charge < -0.3 is 10.0 Å². The SMILES string of the molecule is Cn1nnnc1CCCC(=S)N(CCO)C1CCCCC1. The highest BCUT2D eigenvalue weighted by Crippen LogP contribution is 2.23. The first-order valence-corrected chi connectivity index (χ1v) is 8.24. The van der Waals surface area contributed by atoms with E-state index in [0.717, 1.165) is 30.1 Å². The molecular formula is C14H25N5OS. The maximum atomic E-state index is 9.30. The molecule has 0 saturated heterocycles. The lowest BCUT2D eigenvalue weighted by molar-refractivity contribution is 0.191. The van der Waals surface area contributed by atoms with Crippen molar-refractivity contribution >= 4 is 17.2 Å². The molecular weight excluding hydrogens is 286 g/mol. The Balaban J connectivity index is 1.82. The minimum atomic E-state index is 0.170. The normalized spacial score (nSPS) is 16.1. The van der Waals surface area contributed by atoms with E-state index < -0.39 is 0 Å². The molecule has 0 atom stereocenters. The Morgan fingerprint density at radius 3 is 2.76 bits per heavy atom. The largest absolute Gasteiger partial charge is 0.395 e. The fourth-order valence-electron chi connectivity index (χ4n) is 3.01. The summed E-state index contributed by atoms with van der Waals surface area (Å²) in [6.45, 7) is 0.832. The summed E-state index contributed by atoms with van der Waals surface area (Å²) in [5.41, 5.74) is 0. The number of rotatable bonds is 7. The lowest BCUT2D eigenvalue weighted by atomic mass is 9.94. The molecule has 1 heterocycles. The van der Waals surface area contributed by atoms with Gasteiger partial charge in [0.05, 0.1) is 11.6 Å². The van der Waals surface area contributed by atoms with E-state index in [2.05, 4.69) is 20.4 Å². The van der Waals surface area contributed by atoms with Crippen LogP contribution in [0.5, 0.6) is 0 Å². The molecule has 1 aliphatic carbocycles. The summed E-state index contributed by atoms with van der Waals surface area (Å²) in [6.07, 6.45) is 8.93. The van der Waals surface area contributed by atoms with Crippen LogP contribution in [0.3, 0.4) is 0 Å². The molecule has 1 fully saturated rings. The Kier molecular flexibility index (Phi) is 6.50. The van der Waals surface area contributed by atoms with Crippen LogP contribution in [0, 0.1) is 0 Å². The van der Waals surface area contributed by atoms with Gasteiger partial charge in [-0.15, -0.1) is 5.10 Å². The Hall–Kier alpha value is -1.08. The molecule has 1 saturated carbocycles. The standard InChI is InChI=1S/C14H25N5OS/c1-18-13(15-16-17-18)8-5-9-14(21)19(10-11-20)12-6-3-2-4-7-12/h12,20H,2-11H2,1H3. The Labute approximate surface area is 131 Å². The number of aromatic nitrogens is 4. The van der Waals surface area contributed by atoms with Crippen LogP contribution in [0.2, 0.25) is 0 Å². The molecule has 0 aliphatic heterocycles. The Bertz CT molecular complexity index is 444. The van der Waals surface area contributed by atoms with E-state index in [-0.39, 0.29) is 6.61 Å². The first-order valence-electron chi connectivity index (χ1n) is 7.84. The van der Waals surface area contributed by atoms with E-state index in [1.54, 1.807) is 4.68 Å². The van der Waals surface area contributed by atoms with Crippen molar-refractivity contribution < 1.29 is 5.11 Å². The van der Waals surface area contributed by atoms with Crippen LogP contribution < -0.4 is 0 Å². The van der Waals surface area contributed by atoms with Crippen LogP contribution in [-0.2, 0) is 13.5 Å². The first kappa shape index (κ1) is 16.3. The average Bonchev–Trinajstić information content (AvgIpc) is 2.91. The molecule has 118 valence electrons. The van der Waals surface area contributed by atoms with Gasteiger partial charge in [-0.3, -0.25) is 0 Å². The van der Waals surface area contributed by atoms with Gasteiger partial charge in [-0.25, -0.2) is 4.68 Å². The molecule has 0 spiro atoms. The number of aliphatic hydroxyl groups is 1. The van der Waals surface area contributed by atoms with Gasteiger partial charge in [0.1, 0.15) is 0 Å². The second-order valence-electron chi connectivity index (χ2n) is 5.67. The Morgan fingerprint density at radius 1 is 1.38 bits per heavy atom. The monoisotopic (exact) mass is 311 g/mol. The minimum Gasteiger partial charge on any atom is -0.395 e. The molecule has 1 aromatic rings. The number of tetrazole rings is 1. The van der Waals surface area contributed by atoms with Gasteiger partial charge >= 0.3 is 0 Å². The van der Waals surface area contributed by atoms with E-state index in [9.17, 15) is 5.11 Å². The van der Waals surface area contributed by atoms with Crippen LogP contribution in [-0.4, -0.2) is 54.4 Å². The zero-order valence-electron chi connectivity index (χ0n) is 12.7. The summed E-state index contributed by atoms with van der Waals surface area (Å²) in [5, 5.41) is 20.8. The summed E-state index contributed by atoms with van der Waals surface area (Å²) in [4.78, 5) is 3.23. The highest BCUT2D eigenvalue weighted by atomic mass is 32.1. The van der Waals surface area contributed by atoms with Crippen molar-refractivity contribution in [1.82, 2.24) is 25.1 Å². The summed E-state index contributed by atoms with van der Waals surface area (Å²) in [6, 6.07) is 0.523. The molecule has 2 rings (SSSR count). The van der Waals surface area contributed by atoms with Crippen LogP contribution in [0.15, 0.2) is 0 Å². The lowest BCUT2D eigenvalue weighted by Crippen LogP contribution is -2.42. The van der Waals surface area contributed by atoms with Crippen molar-refractivity contribution in [3.05, 3.63) is 5.82 Å². The number of thiocarbonyl (C=S) groups is 1. The van der Waals surface area contributed by atoms with Crippen LogP contribution in [0.25, 0.3) is 0 Å². The molecule has 0 amide bonds. The van der Waals surface area contributed by atoms with Crippen molar-refractivity contribution in [3.63, 3.8) is 0 Å². The van der Waals surface area contributed by atoms with Crippen LogP contribution >= 0.6 is 12.2 Å². The van der Waals surface area contributed by atoms with E-state index in [1.165, 1.54) is 32.1 Å².